The minimum Gasteiger partial charge on any atom is -0.822 e. The molecule has 398 valence electrons. The fourth-order valence-corrected chi connectivity index (χ4v) is 26.2. The van der Waals surface area contributed by atoms with Crippen molar-refractivity contribution in [2.45, 2.75) is 83.1 Å². The van der Waals surface area contributed by atoms with Gasteiger partial charge in [-0.05, 0) is 188 Å². The number of aryl methyl sites for hydroxylation is 9. The van der Waals surface area contributed by atoms with E-state index < -0.39 is 29.6 Å². The van der Waals surface area contributed by atoms with Gasteiger partial charge in [-0.25, -0.2) is 0 Å². The summed E-state index contributed by atoms with van der Waals surface area (Å²) in [6.45, 7) is 27.4. The van der Waals surface area contributed by atoms with Crippen LogP contribution in [0.25, 0.3) is 0 Å². The third kappa shape index (κ3) is 13.5. The molecule has 0 aromatic heterocycles. The third-order valence-electron chi connectivity index (χ3n) is 15.2. The summed E-state index contributed by atoms with van der Waals surface area (Å²) in [5.74, 6) is 0. The van der Waals surface area contributed by atoms with Crippen molar-refractivity contribution < 1.29 is 19.2 Å². The van der Waals surface area contributed by atoms with Gasteiger partial charge in [-0.1, -0.05) is 164 Å². The number of rotatable bonds is 12. The Balaban J connectivity index is 0.000000179. The molecule has 0 N–H and O–H groups in total. The molecular weight excluding hydrogens is 1020 g/mol. The molecule has 9 rings (SSSR count). The third-order valence-corrected chi connectivity index (χ3v) is 29.9. The summed E-state index contributed by atoms with van der Waals surface area (Å²) in [6.07, 6.45) is 3.44. The van der Waals surface area contributed by atoms with E-state index in [2.05, 4.69) is 301 Å². The first kappa shape index (κ1) is 60.6. The Labute approximate surface area is 464 Å². The Morgan fingerprint density at radius 1 is 0.247 bits per heavy atom. The number of hydrogen-bond acceptors (Lipinski definition) is 4. The van der Waals surface area contributed by atoms with Gasteiger partial charge in [-0.15, -0.1) is 0 Å². The fourth-order valence-electron chi connectivity index (χ4n) is 11.6. The molecule has 0 heterocycles. The van der Waals surface area contributed by atoms with Gasteiger partial charge in [0.25, 0.3) is 0 Å². The summed E-state index contributed by atoms with van der Waals surface area (Å²) < 4.78 is 8.55. The molecule has 0 spiro atoms. The van der Waals surface area contributed by atoms with Crippen LogP contribution in [0.3, 0.4) is 0 Å². The molecule has 0 aliphatic rings. The Morgan fingerprint density at radius 2 is 0.338 bits per heavy atom. The molecule has 0 unspecified atom stereocenters. The number of phosphoric acid groups is 1. The molecule has 0 aliphatic heterocycles. The van der Waals surface area contributed by atoms with Gasteiger partial charge in [0.05, 0.1) is 18.5 Å². The molecule has 0 radical (unpaired) electrons. The molecule has 0 amide bonds. The molecule has 0 saturated heterocycles. The first-order chi connectivity index (χ1) is 36.8. The van der Waals surface area contributed by atoms with Crippen LogP contribution in [0, 0.1) is 62.3 Å². The summed E-state index contributed by atoms with van der Waals surface area (Å²) in [4.78, 5) is 25.6. The number of hydrogen-bond donors (Lipinski definition) is 0. The summed E-state index contributed by atoms with van der Waals surface area (Å²) in [5, 5.41) is 13.7. The van der Waals surface area contributed by atoms with Crippen molar-refractivity contribution in [3.63, 3.8) is 0 Å². The van der Waals surface area contributed by atoms with Gasteiger partial charge in [0.15, 0.2) is 0 Å². The molecule has 0 atom stereocenters. The maximum Gasteiger partial charge on any atom is 0.112 e. The minimum atomic E-state index is -5.39. The summed E-state index contributed by atoms with van der Waals surface area (Å²) >= 11 is 0. The zero-order chi connectivity index (χ0) is 56.0. The molecule has 4 nitrogen and oxygen atoms in total. The van der Waals surface area contributed by atoms with Crippen molar-refractivity contribution in [2.75, 3.05) is 18.5 Å². The molecule has 0 fully saturated rings. The first-order valence-corrected chi connectivity index (χ1v) is 34.1. The van der Waals surface area contributed by atoms with E-state index in [0.717, 1.165) is 18.5 Å². The highest BCUT2D eigenvalue weighted by Gasteiger charge is 2.49. The molecule has 8 heteroatoms. The predicted octanol–water partition coefficient (Wildman–Crippen LogP) is 12.0. The van der Waals surface area contributed by atoms with E-state index >= 15 is 0 Å². The lowest BCUT2D eigenvalue weighted by atomic mass is 10.2. The zero-order valence-electron chi connectivity index (χ0n) is 47.3. The second-order valence-corrected chi connectivity index (χ2v) is 31.9. The largest absolute Gasteiger partial charge is 0.822 e. The lowest BCUT2D eigenvalue weighted by molar-refractivity contribution is -0.432. The average molecular weight is 1100 g/mol. The molecule has 0 aliphatic carbocycles. The van der Waals surface area contributed by atoms with Crippen LogP contribution < -0.4 is 62.4 Å². The molecule has 0 saturated carbocycles. The van der Waals surface area contributed by atoms with Crippen LogP contribution in [0.5, 0.6) is 0 Å². The quantitative estimate of drug-likeness (QED) is 0.114. The molecule has 77 heavy (non-hydrogen) atoms. The Hall–Kier alpha value is -5.62. The highest BCUT2D eigenvalue weighted by atomic mass is 31.2. The summed E-state index contributed by atoms with van der Waals surface area (Å²) in [6, 6.07) is 80.7. The van der Waals surface area contributed by atoms with E-state index in [4.69, 9.17) is 19.2 Å². The van der Waals surface area contributed by atoms with Gasteiger partial charge in [0.2, 0.25) is 0 Å². The van der Waals surface area contributed by atoms with Crippen LogP contribution >= 0.6 is 29.6 Å². The molecule has 0 bridgehead atoms. The van der Waals surface area contributed by atoms with Crippen LogP contribution in [-0.2, 0) is 4.57 Å². The lowest BCUT2D eigenvalue weighted by Gasteiger charge is -2.36. The van der Waals surface area contributed by atoms with E-state index in [-0.39, 0.29) is 0 Å². The van der Waals surface area contributed by atoms with Crippen molar-refractivity contribution in [1.82, 2.24) is 0 Å². The van der Waals surface area contributed by atoms with Gasteiger partial charge in [0, 0.05) is 0 Å². The number of benzene rings is 9. The normalized spacial score (nSPS) is 11.5. The monoisotopic (exact) mass is 1090 g/mol. The van der Waals surface area contributed by atoms with Crippen molar-refractivity contribution >= 4 is 77.4 Å². The van der Waals surface area contributed by atoms with Crippen molar-refractivity contribution in [3.05, 3.63) is 268 Å². The van der Waals surface area contributed by atoms with Crippen LogP contribution in [0.1, 0.15) is 70.8 Å². The first-order valence-electron chi connectivity index (χ1n) is 26.8. The van der Waals surface area contributed by atoms with Gasteiger partial charge in [-0.2, -0.15) is 7.82 Å². The van der Waals surface area contributed by atoms with Gasteiger partial charge < -0.3 is 19.2 Å². The molecule has 9 aromatic rings. The molecule has 9 aromatic carbocycles. The van der Waals surface area contributed by atoms with Crippen LogP contribution in [-0.4, -0.2) is 18.5 Å². The summed E-state index contributed by atoms with van der Waals surface area (Å²) in [5.41, 5.74) is 12.6. The van der Waals surface area contributed by atoms with Crippen molar-refractivity contribution in [1.29, 1.82) is 0 Å². The second kappa shape index (κ2) is 27.3. The SMILES string of the molecule is CC[P+](c1ccccc1C)(c1ccccc1C)c1ccccc1C.CC[P+](c1ccccc1C)(c1ccccc1C)c1ccccc1C.CC[P+](c1ccccc1C)(c1ccccc1C)c1ccccc1C.O=P([O-])([O-])[O-]. The van der Waals surface area contributed by atoms with E-state index in [0.29, 0.717) is 0 Å². The smallest absolute Gasteiger partial charge is 0.112 e. The minimum absolute atomic E-state index is 1.15. The average Bonchev–Trinajstić information content (AvgIpc) is 3.45. The van der Waals surface area contributed by atoms with E-state index in [1.165, 1.54) is 97.8 Å². The Morgan fingerprint density at radius 3 is 0.416 bits per heavy atom. The van der Waals surface area contributed by atoms with Crippen LogP contribution in [0.4, 0.5) is 0 Å². The maximum absolute atomic E-state index is 8.55. The zero-order valence-corrected chi connectivity index (χ0v) is 50.9. The van der Waals surface area contributed by atoms with Crippen LogP contribution in [0.2, 0.25) is 0 Å². The highest BCUT2D eigenvalue weighted by molar-refractivity contribution is 7.96. The summed E-state index contributed by atoms with van der Waals surface area (Å²) in [7, 11) is -10.3. The topological polar surface area (TPSA) is 86.2 Å². The van der Waals surface area contributed by atoms with E-state index in [1.54, 1.807) is 0 Å². The fraction of sp³-hybridized carbons (Fsp3) is 0.217. The highest BCUT2D eigenvalue weighted by Crippen LogP contribution is 2.59. The van der Waals surface area contributed by atoms with E-state index in [9.17, 15) is 0 Å². The van der Waals surface area contributed by atoms with Crippen molar-refractivity contribution in [2.24, 2.45) is 0 Å². The van der Waals surface area contributed by atoms with Gasteiger partial charge in [-0.3, -0.25) is 0 Å². The van der Waals surface area contributed by atoms with Gasteiger partial charge >= 0.3 is 0 Å². The maximum atomic E-state index is 8.55. The predicted molar refractivity (Wildman–Crippen MR) is 337 cm³/mol. The van der Waals surface area contributed by atoms with Crippen LogP contribution in [0.15, 0.2) is 218 Å². The molecular formula is C69H78O4P4. The Kier molecular flexibility index (Phi) is 21.5. The van der Waals surface area contributed by atoms with Crippen molar-refractivity contribution in [3.8, 4) is 0 Å². The second-order valence-electron chi connectivity index (χ2n) is 19.9. The Bertz CT molecular complexity index is 2750. The van der Waals surface area contributed by atoms with Gasteiger partial charge in [0.1, 0.15) is 69.5 Å². The lowest BCUT2D eigenvalue weighted by Crippen LogP contribution is -2.36. The van der Waals surface area contributed by atoms with E-state index in [1.807, 2.05) is 0 Å². The standard InChI is InChI=1S/3C23H26P.H3O4P/c3*1-5-24(21-15-9-6-12-18(21)2,22-16-10-7-13-19(22)3)23-17-11-8-14-20(23)4;1-5(2,3)4/h3*6-17H,5H2,1-4H3;(H3,1,2,3,4)/q3*+1;/p-3.